The van der Waals surface area contributed by atoms with Crippen molar-refractivity contribution in [3.05, 3.63) is 23.8 Å². The highest BCUT2D eigenvalue weighted by molar-refractivity contribution is 5.79. The van der Waals surface area contributed by atoms with Gasteiger partial charge in [0.05, 0.1) is 7.11 Å². The summed E-state index contributed by atoms with van der Waals surface area (Å²) in [5.74, 6) is -1.36. The van der Waals surface area contributed by atoms with Crippen LogP contribution in [0.25, 0.3) is 0 Å². The minimum Gasteiger partial charge on any atom is -0.507 e. The Kier molecular flexibility index (Phi) is 2.85. The van der Waals surface area contributed by atoms with Crippen LogP contribution in [0, 0.1) is 0 Å². The lowest BCUT2D eigenvalue weighted by Crippen LogP contribution is -2.31. The van der Waals surface area contributed by atoms with Gasteiger partial charge in [0.1, 0.15) is 11.5 Å². The molecule has 15 heavy (non-hydrogen) atoms. The van der Waals surface area contributed by atoms with E-state index >= 15 is 0 Å². The molecule has 0 fully saturated rings. The Labute approximate surface area is 86.5 Å². The molecule has 0 saturated heterocycles. The second-order valence-corrected chi connectivity index (χ2v) is 3.26. The Hall–Kier alpha value is -1.75. The monoisotopic (exact) mass is 212 g/mol. The number of ether oxygens (including phenoxy) is 1. The van der Waals surface area contributed by atoms with Crippen LogP contribution in [0.1, 0.15) is 12.5 Å². The molecule has 5 nitrogen and oxygen atoms in total. The lowest BCUT2D eigenvalue weighted by Gasteiger charge is -2.19. The van der Waals surface area contributed by atoms with Gasteiger partial charge in [0, 0.05) is 11.6 Å². The third-order valence-electron chi connectivity index (χ3n) is 2.15. The van der Waals surface area contributed by atoms with Crippen LogP contribution in [0.4, 0.5) is 0 Å². The summed E-state index contributed by atoms with van der Waals surface area (Å²) >= 11 is 0. The molecule has 0 aromatic heterocycles. The van der Waals surface area contributed by atoms with Crippen LogP contribution in [0.2, 0.25) is 0 Å². The van der Waals surface area contributed by atoms with Crippen LogP contribution in [0.3, 0.4) is 0 Å². The summed E-state index contributed by atoms with van der Waals surface area (Å²) in [5, 5.41) is 27.9. The van der Waals surface area contributed by atoms with Crippen LogP contribution in [-0.2, 0) is 10.4 Å². The number of aromatic hydroxyl groups is 1. The molecule has 1 aromatic rings. The van der Waals surface area contributed by atoms with Gasteiger partial charge in [0.25, 0.3) is 0 Å². The van der Waals surface area contributed by atoms with Gasteiger partial charge in [-0.15, -0.1) is 0 Å². The number of hydrogen-bond acceptors (Lipinski definition) is 4. The van der Waals surface area contributed by atoms with Crippen LogP contribution in [-0.4, -0.2) is 28.4 Å². The summed E-state index contributed by atoms with van der Waals surface area (Å²) in [5.41, 5.74) is -2.19. The normalized spacial score (nSPS) is 14.3. The summed E-state index contributed by atoms with van der Waals surface area (Å²) in [6.07, 6.45) is 0. The summed E-state index contributed by atoms with van der Waals surface area (Å²) in [7, 11) is 1.42. The van der Waals surface area contributed by atoms with Crippen LogP contribution in [0.5, 0.6) is 11.5 Å². The molecule has 82 valence electrons. The van der Waals surface area contributed by atoms with E-state index in [1.807, 2.05) is 0 Å². The van der Waals surface area contributed by atoms with E-state index in [-0.39, 0.29) is 11.3 Å². The number of hydrogen-bond donors (Lipinski definition) is 3. The third-order valence-corrected chi connectivity index (χ3v) is 2.15. The van der Waals surface area contributed by atoms with Crippen LogP contribution < -0.4 is 4.74 Å². The SMILES string of the molecule is COc1ccc(C(C)(O)C(=O)O)c(O)c1. The molecule has 0 aliphatic rings. The number of aliphatic carboxylic acids is 1. The largest absolute Gasteiger partial charge is 0.507 e. The Morgan fingerprint density at radius 2 is 2.07 bits per heavy atom. The molecule has 1 unspecified atom stereocenters. The molecule has 0 aliphatic heterocycles. The zero-order valence-electron chi connectivity index (χ0n) is 8.39. The first-order valence-corrected chi connectivity index (χ1v) is 4.23. The Balaban J connectivity index is 3.22. The van der Waals surface area contributed by atoms with Crippen molar-refractivity contribution >= 4 is 5.97 Å². The fraction of sp³-hybridized carbons (Fsp3) is 0.300. The minimum absolute atomic E-state index is 0.0733. The number of methoxy groups -OCH3 is 1. The summed E-state index contributed by atoms with van der Waals surface area (Å²) < 4.78 is 4.83. The van der Waals surface area contributed by atoms with E-state index in [9.17, 15) is 15.0 Å². The maximum atomic E-state index is 10.7. The average molecular weight is 212 g/mol. The number of phenolic OH excluding ortho intramolecular Hbond substituents is 1. The lowest BCUT2D eigenvalue weighted by atomic mass is 9.95. The highest BCUT2D eigenvalue weighted by atomic mass is 16.5. The predicted octanol–water partition coefficient (Wildman–Crippen LogP) is 0.693. The molecule has 0 amide bonds. The first kappa shape index (κ1) is 11.3. The van der Waals surface area contributed by atoms with Gasteiger partial charge < -0.3 is 20.1 Å². The molecule has 0 radical (unpaired) electrons. The second-order valence-electron chi connectivity index (χ2n) is 3.26. The second kappa shape index (κ2) is 3.78. The Morgan fingerprint density at radius 1 is 1.47 bits per heavy atom. The van der Waals surface area contributed by atoms with Crippen molar-refractivity contribution in [3.8, 4) is 11.5 Å². The van der Waals surface area contributed by atoms with Crippen molar-refractivity contribution in [1.29, 1.82) is 0 Å². The molecule has 5 heteroatoms. The van der Waals surface area contributed by atoms with E-state index in [1.165, 1.54) is 25.3 Å². The van der Waals surface area contributed by atoms with Gasteiger partial charge in [-0.25, -0.2) is 4.79 Å². The van der Waals surface area contributed by atoms with Gasteiger partial charge in [0.2, 0.25) is 0 Å². The first-order chi connectivity index (χ1) is 6.89. The van der Waals surface area contributed by atoms with Gasteiger partial charge in [-0.3, -0.25) is 0 Å². The van der Waals surface area contributed by atoms with Gasteiger partial charge >= 0.3 is 5.97 Å². The first-order valence-electron chi connectivity index (χ1n) is 4.23. The average Bonchev–Trinajstić information content (AvgIpc) is 2.16. The van der Waals surface area contributed by atoms with E-state index < -0.39 is 11.6 Å². The number of aliphatic hydroxyl groups is 1. The molecule has 0 aliphatic carbocycles. The van der Waals surface area contributed by atoms with Crippen molar-refractivity contribution in [2.24, 2.45) is 0 Å². The van der Waals surface area contributed by atoms with Gasteiger partial charge in [0.15, 0.2) is 5.60 Å². The molecular weight excluding hydrogens is 200 g/mol. The maximum Gasteiger partial charge on any atom is 0.340 e. The molecular formula is C10H12O5. The van der Waals surface area contributed by atoms with Crippen molar-refractivity contribution in [2.75, 3.05) is 7.11 Å². The Morgan fingerprint density at radius 3 is 2.47 bits per heavy atom. The fourth-order valence-electron chi connectivity index (χ4n) is 1.17. The Bertz CT molecular complexity index is 383. The number of rotatable bonds is 3. The van der Waals surface area contributed by atoms with Crippen LogP contribution >= 0.6 is 0 Å². The zero-order chi connectivity index (χ0) is 11.6. The van der Waals surface area contributed by atoms with Gasteiger partial charge in [-0.05, 0) is 19.1 Å². The van der Waals surface area contributed by atoms with E-state index in [0.717, 1.165) is 6.92 Å². The fourth-order valence-corrected chi connectivity index (χ4v) is 1.17. The van der Waals surface area contributed by atoms with E-state index in [4.69, 9.17) is 9.84 Å². The molecule has 0 bridgehead atoms. The highest BCUT2D eigenvalue weighted by Gasteiger charge is 2.34. The van der Waals surface area contributed by atoms with E-state index in [2.05, 4.69) is 0 Å². The molecule has 3 N–H and O–H groups in total. The van der Waals surface area contributed by atoms with E-state index in [1.54, 1.807) is 0 Å². The number of carbonyl (C=O) groups is 1. The zero-order valence-corrected chi connectivity index (χ0v) is 8.39. The summed E-state index contributed by atoms with van der Waals surface area (Å²) in [6.45, 7) is 1.09. The molecule has 1 atom stereocenters. The molecule has 0 heterocycles. The number of carboxylic acid groups (broad SMARTS) is 1. The van der Waals surface area contributed by atoms with Crippen LogP contribution in [0.15, 0.2) is 18.2 Å². The lowest BCUT2D eigenvalue weighted by molar-refractivity contribution is -0.157. The molecule has 0 saturated carbocycles. The topological polar surface area (TPSA) is 87.0 Å². The molecule has 1 aromatic carbocycles. The third kappa shape index (κ3) is 2.02. The van der Waals surface area contributed by atoms with Crippen molar-refractivity contribution < 1.29 is 24.9 Å². The van der Waals surface area contributed by atoms with Gasteiger partial charge in [-0.1, -0.05) is 0 Å². The quantitative estimate of drug-likeness (QED) is 0.686. The van der Waals surface area contributed by atoms with Gasteiger partial charge in [-0.2, -0.15) is 0 Å². The number of carboxylic acids is 1. The number of phenols is 1. The smallest absolute Gasteiger partial charge is 0.340 e. The summed E-state index contributed by atoms with van der Waals surface area (Å²) in [6, 6.07) is 4.02. The van der Waals surface area contributed by atoms with Crippen molar-refractivity contribution in [2.45, 2.75) is 12.5 Å². The summed E-state index contributed by atoms with van der Waals surface area (Å²) in [4.78, 5) is 10.7. The molecule has 0 spiro atoms. The minimum atomic E-state index is -2.11. The highest BCUT2D eigenvalue weighted by Crippen LogP contribution is 2.32. The van der Waals surface area contributed by atoms with Crippen molar-refractivity contribution in [1.82, 2.24) is 0 Å². The number of benzene rings is 1. The van der Waals surface area contributed by atoms with E-state index in [0.29, 0.717) is 5.75 Å². The maximum absolute atomic E-state index is 10.7. The molecule has 1 rings (SSSR count). The van der Waals surface area contributed by atoms with Crippen molar-refractivity contribution in [3.63, 3.8) is 0 Å². The standard InChI is InChI=1S/C10H12O5/c1-10(14,9(12)13)7-4-3-6(15-2)5-8(7)11/h3-5,11,14H,1-2H3,(H,12,13). The predicted molar refractivity (Wildman–Crippen MR) is 51.9 cm³/mol.